The molecule has 15 heavy (non-hydrogen) atoms. The van der Waals surface area contributed by atoms with Gasteiger partial charge in [0.2, 0.25) is 0 Å². The van der Waals surface area contributed by atoms with E-state index in [1.54, 1.807) is 0 Å². The third kappa shape index (κ3) is 2.84. The molecule has 0 aliphatic carbocycles. The van der Waals surface area contributed by atoms with Gasteiger partial charge in [-0.1, -0.05) is 59.7 Å². The van der Waals surface area contributed by atoms with Crippen molar-refractivity contribution in [3.05, 3.63) is 41.8 Å². The summed E-state index contributed by atoms with van der Waals surface area (Å²) < 4.78 is 0. The van der Waals surface area contributed by atoms with E-state index in [4.69, 9.17) is 0 Å². The third-order valence-corrected chi connectivity index (χ3v) is 2.78. The molecule has 1 aromatic carbocycles. The van der Waals surface area contributed by atoms with E-state index < -0.39 is 0 Å². The van der Waals surface area contributed by atoms with E-state index in [1.807, 2.05) is 0 Å². The van der Waals surface area contributed by atoms with E-state index in [0.29, 0.717) is 0 Å². The van der Waals surface area contributed by atoms with Crippen LogP contribution in [0.25, 0.3) is 0 Å². The van der Waals surface area contributed by atoms with E-state index in [9.17, 15) is 0 Å². The van der Waals surface area contributed by atoms with Crippen molar-refractivity contribution in [3.8, 4) is 0 Å². The van der Waals surface area contributed by atoms with Gasteiger partial charge in [-0.3, -0.25) is 0 Å². The van der Waals surface area contributed by atoms with Crippen molar-refractivity contribution in [1.29, 1.82) is 0 Å². The first kappa shape index (κ1) is 12.3. The highest BCUT2D eigenvalue weighted by Gasteiger charge is 2.20. The molecule has 0 bridgehead atoms. The van der Waals surface area contributed by atoms with Gasteiger partial charge in [-0.25, -0.2) is 0 Å². The first-order chi connectivity index (χ1) is 6.62. The van der Waals surface area contributed by atoms with Gasteiger partial charge < -0.3 is 0 Å². The molecule has 1 aromatic rings. The molecule has 1 rings (SSSR count). The maximum Gasteiger partial charge on any atom is 0 e. The summed E-state index contributed by atoms with van der Waals surface area (Å²) in [5.41, 5.74) is 4.29. The van der Waals surface area contributed by atoms with Crippen molar-refractivity contribution < 1.29 is 1.43 Å². The summed E-state index contributed by atoms with van der Waals surface area (Å²) in [5.74, 6) is 0. The lowest BCUT2D eigenvalue weighted by Crippen LogP contribution is -2.17. The van der Waals surface area contributed by atoms with Crippen molar-refractivity contribution in [2.24, 2.45) is 0 Å². The van der Waals surface area contributed by atoms with Crippen molar-refractivity contribution >= 4 is 0 Å². The number of benzene rings is 1. The number of hydrogen-bond acceptors (Lipinski definition) is 0. The predicted molar refractivity (Wildman–Crippen MR) is 69.4 cm³/mol. The monoisotopic (exact) mass is 204 g/mol. The average Bonchev–Trinajstić information content (AvgIpc) is 2.00. The Kier molecular flexibility index (Phi) is 3.00. The largest absolute Gasteiger partial charge is 0.0584 e. The molecule has 0 aliphatic heterocycles. The van der Waals surface area contributed by atoms with Gasteiger partial charge in [0, 0.05) is 1.43 Å². The summed E-state index contributed by atoms with van der Waals surface area (Å²) >= 11 is 0. The Balaban J connectivity index is 0.00000225. The lowest BCUT2D eigenvalue weighted by molar-refractivity contribution is 0.567. The summed E-state index contributed by atoms with van der Waals surface area (Å²) in [6.07, 6.45) is 0. The standard InChI is InChI=1S/C15H23.H/c1-11-8-9-12(14(2,3)4)10-13(11)15(5,6)7;/h8-10H,1H2,2-7H3;. The molecule has 0 saturated carbocycles. The molecule has 0 unspecified atom stereocenters. The van der Waals surface area contributed by atoms with Crippen molar-refractivity contribution in [3.63, 3.8) is 0 Å². The second kappa shape index (κ2) is 3.66. The van der Waals surface area contributed by atoms with Crippen LogP contribution >= 0.6 is 0 Å². The molecule has 0 heteroatoms. The molecule has 0 atom stereocenters. The Morgan fingerprint density at radius 1 is 0.933 bits per heavy atom. The van der Waals surface area contributed by atoms with Crippen LogP contribution < -0.4 is 0 Å². The van der Waals surface area contributed by atoms with Gasteiger partial charge in [-0.15, -0.1) is 0 Å². The van der Waals surface area contributed by atoms with E-state index in [-0.39, 0.29) is 12.3 Å². The SMILES string of the molecule is [CH2]c1ccc(C(C)(C)C)cc1C(C)(C)C.[H]. The van der Waals surface area contributed by atoms with Crippen molar-refractivity contribution in [2.75, 3.05) is 0 Å². The highest BCUT2D eigenvalue weighted by Crippen LogP contribution is 2.30. The second-order valence-corrected chi connectivity index (χ2v) is 6.37. The Bertz CT molecular complexity index is 351. The fraction of sp³-hybridized carbons (Fsp3) is 0.533. The van der Waals surface area contributed by atoms with Crippen LogP contribution in [0.15, 0.2) is 18.2 Å². The van der Waals surface area contributed by atoms with E-state index >= 15 is 0 Å². The second-order valence-electron chi connectivity index (χ2n) is 6.37. The maximum atomic E-state index is 4.11. The Morgan fingerprint density at radius 3 is 1.87 bits per heavy atom. The zero-order valence-corrected chi connectivity index (χ0v) is 10.9. The van der Waals surface area contributed by atoms with Gasteiger partial charge in [0.15, 0.2) is 0 Å². The van der Waals surface area contributed by atoms with Gasteiger partial charge in [-0.2, -0.15) is 0 Å². The van der Waals surface area contributed by atoms with Crippen LogP contribution in [0.2, 0.25) is 0 Å². The van der Waals surface area contributed by atoms with Crippen LogP contribution in [0.3, 0.4) is 0 Å². The summed E-state index contributed by atoms with van der Waals surface area (Å²) in [4.78, 5) is 0. The molecule has 84 valence electrons. The van der Waals surface area contributed by atoms with Crippen molar-refractivity contribution in [2.45, 2.75) is 52.4 Å². The summed E-state index contributed by atoms with van der Waals surface area (Å²) in [5, 5.41) is 0. The van der Waals surface area contributed by atoms with E-state index in [2.05, 4.69) is 66.7 Å². The van der Waals surface area contributed by atoms with Crippen LogP contribution in [-0.4, -0.2) is 0 Å². The van der Waals surface area contributed by atoms with Crippen LogP contribution in [0.5, 0.6) is 0 Å². The van der Waals surface area contributed by atoms with Gasteiger partial charge in [-0.05, 0) is 34.4 Å². The predicted octanol–water partition coefficient (Wildman–Crippen LogP) is 4.58. The molecular weight excluding hydrogens is 180 g/mol. The molecule has 0 saturated heterocycles. The Hall–Kier alpha value is -0.780. The molecule has 0 aliphatic rings. The normalized spacial score (nSPS) is 13.0. The Labute approximate surface area is 96.2 Å². The fourth-order valence-corrected chi connectivity index (χ4v) is 1.74. The minimum absolute atomic E-state index is 0. The van der Waals surface area contributed by atoms with E-state index in [0.717, 1.165) is 5.56 Å². The van der Waals surface area contributed by atoms with Crippen LogP contribution in [0.1, 0.15) is 59.7 Å². The molecule has 0 spiro atoms. The smallest absolute Gasteiger partial charge is 0 e. The van der Waals surface area contributed by atoms with Gasteiger partial charge in [0.25, 0.3) is 0 Å². The van der Waals surface area contributed by atoms with Crippen LogP contribution in [0.4, 0.5) is 0 Å². The number of hydrogen-bond donors (Lipinski definition) is 0. The third-order valence-electron chi connectivity index (χ3n) is 2.78. The maximum absolute atomic E-state index is 4.11. The van der Waals surface area contributed by atoms with Crippen molar-refractivity contribution in [1.82, 2.24) is 0 Å². The highest BCUT2D eigenvalue weighted by atomic mass is 14.2. The van der Waals surface area contributed by atoms with Gasteiger partial charge >= 0.3 is 0 Å². The molecule has 0 heterocycles. The average molecular weight is 204 g/mol. The first-order valence-electron chi connectivity index (χ1n) is 5.59. The highest BCUT2D eigenvalue weighted by molar-refractivity contribution is 5.40. The summed E-state index contributed by atoms with van der Waals surface area (Å²) in [7, 11) is 0. The zero-order chi connectivity index (χ0) is 11.9. The first-order valence-corrected chi connectivity index (χ1v) is 5.59. The molecule has 0 fully saturated rings. The molecule has 0 nitrogen and oxygen atoms in total. The Morgan fingerprint density at radius 2 is 1.47 bits per heavy atom. The summed E-state index contributed by atoms with van der Waals surface area (Å²) in [6.45, 7) is 17.6. The quantitative estimate of drug-likeness (QED) is 0.580. The van der Waals surface area contributed by atoms with E-state index in [1.165, 1.54) is 11.1 Å². The lowest BCUT2D eigenvalue weighted by Gasteiger charge is -2.26. The lowest BCUT2D eigenvalue weighted by atomic mass is 9.79. The molecule has 0 N–H and O–H groups in total. The molecular formula is C15H24. The van der Waals surface area contributed by atoms with Gasteiger partial charge in [0.1, 0.15) is 0 Å². The molecule has 0 amide bonds. The topological polar surface area (TPSA) is 0 Å². The van der Waals surface area contributed by atoms with Crippen LogP contribution in [0, 0.1) is 6.92 Å². The minimum Gasteiger partial charge on any atom is -0.0584 e. The minimum atomic E-state index is 0. The number of rotatable bonds is 0. The summed E-state index contributed by atoms with van der Waals surface area (Å²) in [6, 6.07) is 6.64. The molecule has 0 aromatic heterocycles. The zero-order valence-electron chi connectivity index (χ0n) is 11.9. The fourth-order valence-electron chi connectivity index (χ4n) is 1.74. The van der Waals surface area contributed by atoms with Crippen LogP contribution in [-0.2, 0) is 10.8 Å². The van der Waals surface area contributed by atoms with Gasteiger partial charge in [0.05, 0.1) is 0 Å². The molecule has 2 radical (unpaired) electrons.